The third-order valence-corrected chi connectivity index (χ3v) is 5.75. The van der Waals surface area contributed by atoms with E-state index in [4.69, 9.17) is 20.6 Å². The summed E-state index contributed by atoms with van der Waals surface area (Å²) in [5.41, 5.74) is 6.54. The molecular weight excluding hydrogens is 328 g/mol. The summed E-state index contributed by atoms with van der Waals surface area (Å²) in [5.74, 6) is 2.03. The first-order valence-electron chi connectivity index (χ1n) is 9.51. The molecule has 6 nitrogen and oxygen atoms in total. The molecule has 2 fully saturated rings. The highest BCUT2D eigenvalue weighted by atomic mass is 16.5. The van der Waals surface area contributed by atoms with E-state index in [1.54, 1.807) is 7.11 Å². The third-order valence-electron chi connectivity index (χ3n) is 5.75. The molecular formula is C20H26N4O2. The van der Waals surface area contributed by atoms with Crippen LogP contribution in [-0.4, -0.2) is 27.8 Å². The topological polar surface area (TPSA) is 83.0 Å². The van der Waals surface area contributed by atoms with Crippen LogP contribution in [0.3, 0.4) is 0 Å². The number of primary amides is 1. The first-order chi connectivity index (χ1) is 12.6. The van der Waals surface area contributed by atoms with Gasteiger partial charge in [-0.25, -0.2) is 9.67 Å². The lowest BCUT2D eigenvalue weighted by Gasteiger charge is -2.26. The fraction of sp³-hybridized carbons (Fsp3) is 0.550. The molecule has 2 saturated carbocycles. The van der Waals surface area contributed by atoms with Crippen molar-refractivity contribution in [2.45, 2.75) is 62.8 Å². The van der Waals surface area contributed by atoms with E-state index in [0.29, 0.717) is 11.9 Å². The normalized spacial score (nSPS) is 19.3. The summed E-state index contributed by atoms with van der Waals surface area (Å²) in [6.45, 7) is 0. The van der Waals surface area contributed by atoms with Gasteiger partial charge in [0.05, 0.1) is 25.0 Å². The highest BCUT2D eigenvalue weighted by molar-refractivity contribution is 5.75. The van der Waals surface area contributed by atoms with Crippen LogP contribution in [-0.2, 0) is 16.6 Å². The van der Waals surface area contributed by atoms with Gasteiger partial charge in [0.1, 0.15) is 11.6 Å². The molecule has 2 aromatic rings. The van der Waals surface area contributed by atoms with Gasteiger partial charge in [0.25, 0.3) is 0 Å². The Morgan fingerprint density at radius 1 is 1.23 bits per heavy atom. The molecule has 2 N–H and O–H groups in total. The van der Waals surface area contributed by atoms with E-state index in [1.165, 1.54) is 24.8 Å². The molecule has 2 aliphatic rings. The van der Waals surface area contributed by atoms with Crippen LogP contribution in [0.1, 0.15) is 68.2 Å². The Morgan fingerprint density at radius 2 is 1.92 bits per heavy atom. The minimum absolute atomic E-state index is 0.0907. The number of methoxy groups -OCH3 is 1. The van der Waals surface area contributed by atoms with Crippen LogP contribution in [0, 0.1) is 0 Å². The molecule has 0 radical (unpaired) electrons. The minimum Gasteiger partial charge on any atom is -0.497 e. The summed E-state index contributed by atoms with van der Waals surface area (Å²) in [4.78, 5) is 16.2. The maximum Gasteiger partial charge on any atom is 0.225 e. The second-order valence-electron chi connectivity index (χ2n) is 7.54. The summed E-state index contributed by atoms with van der Waals surface area (Å²) in [6.07, 6.45) is 8.22. The number of rotatable bonds is 6. The summed E-state index contributed by atoms with van der Waals surface area (Å²) >= 11 is 0. The van der Waals surface area contributed by atoms with Gasteiger partial charge in [-0.2, -0.15) is 5.10 Å². The molecule has 138 valence electrons. The number of ether oxygens (including phenoxy) is 1. The van der Waals surface area contributed by atoms with E-state index in [1.807, 2.05) is 12.1 Å². The number of carbonyl (C=O) groups excluding carboxylic acids is 1. The van der Waals surface area contributed by atoms with E-state index >= 15 is 0 Å². The van der Waals surface area contributed by atoms with Crippen LogP contribution in [0.25, 0.3) is 0 Å². The fourth-order valence-corrected chi connectivity index (χ4v) is 4.18. The van der Waals surface area contributed by atoms with Crippen LogP contribution in [0.5, 0.6) is 5.75 Å². The Hall–Kier alpha value is -2.37. The van der Waals surface area contributed by atoms with Crippen molar-refractivity contribution in [1.82, 2.24) is 14.8 Å². The van der Waals surface area contributed by atoms with E-state index in [2.05, 4.69) is 16.8 Å². The second kappa shape index (κ2) is 6.74. The van der Waals surface area contributed by atoms with Crippen molar-refractivity contribution in [3.63, 3.8) is 0 Å². The molecule has 0 aliphatic heterocycles. The van der Waals surface area contributed by atoms with Crippen molar-refractivity contribution in [2.75, 3.05) is 7.11 Å². The Balaban J connectivity index is 1.73. The summed E-state index contributed by atoms with van der Waals surface area (Å²) < 4.78 is 7.41. The van der Waals surface area contributed by atoms with Gasteiger partial charge in [0.2, 0.25) is 5.91 Å². The maximum atomic E-state index is 11.4. The minimum atomic E-state index is -0.383. The zero-order chi connectivity index (χ0) is 18.1. The Kier molecular flexibility index (Phi) is 4.42. The lowest BCUT2D eigenvalue weighted by atomic mass is 9.92. The molecule has 1 aromatic carbocycles. The highest BCUT2D eigenvalue weighted by Crippen LogP contribution is 2.53. The van der Waals surface area contributed by atoms with Gasteiger partial charge in [0, 0.05) is 0 Å². The smallest absolute Gasteiger partial charge is 0.225 e. The number of nitrogens with two attached hydrogens (primary N) is 1. The molecule has 26 heavy (non-hydrogen) atoms. The van der Waals surface area contributed by atoms with Crippen molar-refractivity contribution in [3.05, 3.63) is 41.5 Å². The lowest BCUT2D eigenvalue weighted by Crippen LogP contribution is -2.22. The van der Waals surface area contributed by atoms with E-state index in [-0.39, 0.29) is 17.7 Å². The monoisotopic (exact) mass is 354 g/mol. The molecule has 1 aromatic heterocycles. The molecule has 0 saturated heterocycles. The average molecular weight is 354 g/mol. The number of amides is 1. The summed E-state index contributed by atoms with van der Waals surface area (Å²) in [6, 6.07) is 8.63. The van der Waals surface area contributed by atoms with Crippen molar-refractivity contribution < 1.29 is 9.53 Å². The first kappa shape index (κ1) is 17.1. The van der Waals surface area contributed by atoms with E-state index < -0.39 is 0 Å². The number of carbonyl (C=O) groups is 1. The molecule has 0 atom stereocenters. The highest BCUT2D eigenvalue weighted by Gasteiger charge is 2.50. The van der Waals surface area contributed by atoms with Gasteiger partial charge < -0.3 is 10.5 Å². The number of benzene rings is 1. The second-order valence-corrected chi connectivity index (χ2v) is 7.54. The van der Waals surface area contributed by atoms with Crippen molar-refractivity contribution >= 4 is 5.91 Å². The maximum absolute atomic E-state index is 11.4. The molecule has 0 unspecified atom stereocenters. The van der Waals surface area contributed by atoms with Crippen LogP contribution in [0.2, 0.25) is 0 Å². The predicted molar refractivity (Wildman–Crippen MR) is 98.1 cm³/mol. The zero-order valence-electron chi connectivity index (χ0n) is 15.3. The van der Waals surface area contributed by atoms with Crippen LogP contribution in [0.15, 0.2) is 24.3 Å². The Bertz CT molecular complexity index is 787. The first-order valence-corrected chi connectivity index (χ1v) is 9.51. The standard InChI is InChI=1S/C20H26N4O2/c1-26-16-9-7-14(8-10-16)20(11-12-20)19-22-18(13-17(21)25)23-24(19)15-5-3-2-4-6-15/h7-10,15H,2-6,11-13H2,1H3,(H2,21,25). The molecule has 2 aliphatic carbocycles. The van der Waals surface area contributed by atoms with Gasteiger partial charge in [0.15, 0.2) is 5.82 Å². The Morgan fingerprint density at radius 3 is 2.50 bits per heavy atom. The lowest BCUT2D eigenvalue weighted by molar-refractivity contribution is -0.117. The van der Waals surface area contributed by atoms with E-state index in [9.17, 15) is 4.79 Å². The number of aromatic nitrogens is 3. The number of hydrogen-bond acceptors (Lipinski definition) is 4. The van der Waals surface area contributed by atoms with Gasteiger partial charge in [-0.3, -0.25) is 4.79 Å². The van der Waals surface area contributed by atoms with Gasteiger partial charge >= 0.3 is 0 Å². The fourth-order valence-electron chi connectivity index (χ4n) is 4.18. The quantitative estimate of drug-likeness (QED) is 0.864. The van der Waals surface area contributed by atoms with Crippen LogP contribution in [0.4, 0.5) is 0 Å². The zero-order valence-corrected chi connectivity index (χ0v) is 15.3. The molecule has 6 heteroatoms. The summed E-state index contributed by atoms with van der Waals surface area (Å²) in [5, 5.41) is 4.72. The summed E-state index contributed by atoms with van der Waals surface area (Å²) in [7, 11) is 1.68. The SMILES string of the molecule is COc1ccc(C2(c3nc(CC(N)=O)nn3C3CCCCC3)CC2)cc1. The van der Waals surface area contributed by atoms with Gasteiger partial charge in [-0.05, 0) is 43.4 Å². The molecule has 0 spiro atoms. The van der Waals surface area contributed by atoms with Crippen molar-refractivity contribution in [2.24, 2.45) is 5.73 Å². The largest absolute Gasteiger partial charge is 0.497 e. The van der Waals surface area contributed by atoms with Crippen LogP contribution >= 0.6 is 0 Å². The molecule has 4 rings (SSSR count). The predicted octanol–water partition coefficient (Wildman–Crippen LogP) is 2.90. The van der Waals surface area contributed by atoms with Gasteiger partial charge in [-0.1, -0.05) is 31.4 Å². The number of hydrogen-bond donors (Lipinski definition) is 1. The average Bonchev–Trinajstić information content (AvgIpc) is 3.37. The molecule has 0 bridgehead atoms. The Labute approximate surface area is 153 Å². The van der Waals surface area contributed by atoms with Crippen LogP contribution < -0.4 is 10.5 Å². The van der Waals surface area contributed by atoms with Crippen molar-refractivity contribution in [3.8, 4) is 5.75 Å². The van der Waals surface area contributed by atoms with Gasteiger partial charge in [-0.15, -0.1) is 0 Å². The van der Waals surface area contributed by atoms with Crippen molar-refractivity contribution in [1.29, 1.82) is 0 Å². The molecule has 1 heterocycles. The van der Waals surface area contributed by atoms with E-state index in [0.717, 1.165) is 37.3 Å². The number of nitrogens with zero attached hydrogens (tertiary/aromatic N) is 3. The third kappa shape index (κ3) is 3.08. The molecule has 1 amide bonds.